The Bertz CT molecular complexity index is 1020. The maximum atomic E-state index is 12.0. The average molecular weight is 471 g/mol. The van der Waals surface area contributed by atoms with Crippen LogP contribution in [0.5, 0.6) is 0 Å². The molecule has 0 unspecified atom stereocenters. The zero-order valence-corrected chi connectivity index (χ0v) is 20.1. The number of ether oxygens (including phenoxy) is 1. The van der Waals surface area contributed by atoms with Gasteiger partial charge in [0.25, 0.3) is 0 Å². The Hall–Kier alpha value is -2.03. The first kappa shape index (κ1) is 22.7. The summed E-state index contributed by atoms with van der Waals surface area (Å²) < 4.78 is 33.2. The number of anilines is 1. The second kappa shape index (κ2) is 9.68. The molecule has 1 saturated heterocycles. The van der Waals surface area contributed by atoms with Crippen molar-refractivity contribution in [1.29, 1.82) is 0 Å². The highest BCUT2D eigenvalue weighted by Crippen LogP contribution is 2.39. The smallest absolute Gasteiger partial charge is 0.209 e. The molecule has 0 radical (unpaired) electrons. The van der Waals surface area contributed by atoms with Crippen LogP contribution < -0.4 is 9.62 Å². The van der Waals surface area contributed by atoms with Crippen molar-refractivity contribution < 1.29 is 13.2 Å². The Balaban J connectivity index is 1.22. The molecule has 0 amide bonds. The van der Waals surface area contributed by atoms with E-state index in [0.29, 0.717) is 18.4 Å². The summed E-state index contributed by atoms with van der Waals surface area (Å²) in [6.07, 6.45) is 12.6. The van der Waals surface area contributed by atoms with Crippen molar-refractivity contribution in [1.82, 2.24) is 14.7 Å². The third-order valence-electron chi connectivity index (χ3n) is 7.31. The number of rotatable bonds is 8. The minimum Gasteiger partial charge on any atom is -0.376 e. The Labute approximate surface area is 197 Å². The molecule has 2 atom stereocenters. The maximum absolute atomic E-state index is 12.0. The van der Waals surface area contributed by atoms with E-state index in [4.69, 9.17) is 4.74 Å². The third-order valence-corrected chi connectivity index (χ3v) is 8.04. The number of benzene rings is 1. The van der Waals surface area contributed by atoms with Gasteiger partial charge in [0.15, 0.2) is 0 Å². The van der Waals surface area contributed by atoms with Gasteiger partial charge in [0, 0.05) is 18.5 Å². The van der Waals surface area contributed by atoms with Crippen LogP contribution in [0.2, 0.25) is 0 Å². The Morgan fingerprint density at radius 3 is 2.33 bits per heavy atom. The van der Waals surface area contributed by atoms with Gasteiger partial charge in [-0.2, -0.15) is 0 Å². The van der Waals surface area contributed by atoms with Gasteiger partial charge >= 0.3 is 0 Å². The topological polar surface area (TPSA) is 84.4 Å². The fraction of sp³-hybridized carbons (Fsp3) is 0.600. The first-order valence-electron chi connectivity index (χ1n) is 12.2. The molecule has 2 saturated carbocycles. The van der Waals surface area contributed by atoms with Gasteiger partial charge in [0.05, 0.1) is 43.1 Å². The van der Waals surface area contributed by atoms with Gasteiger partial charge in [-0.05, 0) is 56.4 Å². The highest BCUT2D eigenvalue weighted by Gasteiger charge is 2.38. The van der Waals surface area contributed by atoms with E-state index in [-0.39, 0.29) is 18.2 Å². The Morgan fingerprint density at radius 2 is 1.70 bits per heavy atom. The Kier molecular flexibility index (Phi) is 6.67. The van der Waals surface area contributed by atoms with Crippen molar-refractivity contribution in [3.05, 3.63) is 54.0 Å². The normalized spacial score (nSPS) is 28.2. The van der Waals surface area contributed by atoms with E-state index in [9.17, 15) is 8.42 Å². The predicted octanol–water partition coefficient (Wildman–Crippen LogP) is 3.59. The minimum absolute atomic E-state index is 0.0901. The predicted molar refractivity (Wildman–Crippen MR) is 129 cm³/mol. The molecule has 1 aromatic heterocycles. The van der Waals surface area contributed by atoms with E-state index in [1.165, 1.54) is 24.7 Å². The monoisotopic (exact) mass is 470 g/mol. The fourth-order valence-corrected chi connectivity index (χ4v) is 6.17. The molecule has 33 heavy (non-hydrogen) atoms. The summed E-state index contributed by atoms with van der Waals surface area (Å²) in [6.45, 7) is 1.22. The number of nitrogens with zero attached hydrogens (tertiary/aromatic N) is 3. The van der Waals surface area contributed by atoms with E-state index < -0.39 is 10.0 Å². The van der Waals surface area contributed by atoms with Gasteiger partial charge < -0.3 is 9.64 Å². The minimum atomic E-state index is -3.31. The van der Waals surface area contributed by atoms with Gasteiger partial charge in [-0.3, -0.25) is 4.98 Å². The molecule has 5 rings (SSSR count). The molecule has 1 N–H and O–H groups in total. The zero-order valence-electron chi connectivity index (χ0n) is 19.3. The summed E-state index contributed by atoms with van der Waals surface area (Å²) in [5, 5.41) is 0. The lowest BCUT2D eigenvalue weighted by atomic mass is 9.83. The lowest BCUT2D eigenvalue weighted by Crippen LogP contribution is -2.48. The molecule has 178 valence electrons. The molecule has 1 aromatic carbocycles. The molecule has 1 aliphatic heterocycles. The average Bonchev–Trinajstić information content (AvgIpc) is 3.60. The van der Waals surface area contributed by atoms with Crippen LogP contribution in [0.15, 0.2) is 42.7 Å². The van der Waals surface area contributed by atoms with E-state index in [2.05, 4.69) is 49.9 Å². The van der Waals surface area contributed by atoms with E-state index in [1.807, 2.05) is 12.4 Å². The summed E-state index contributed by atoms with van der Waals surface area (Å²) in [5.41, 5.74) is 2.48. The number of hydrogen-bond donors (Lipinski definition) is 1. The van der Waals surface area contributed by atoms with Crippen molar-refractivity contribution >= 4 is 15.8 Å². The SMILES string of the molecule is CS(=O)(=O)N[C@H]1CCN(c2cnc(C3CC3)cn2)[C@H]1CO[C@H]1CC[C@@H](c2ccccc2)CC1. The molecule has 0 spiro atoms. The quantitative estimate of drug-likeness (QED) is 0.635. The number of aromatic nitrogens is 2. The van der Waals surface area contributed by atoms with Crippen molar-refractivity contribution in [2.45, 2.75) is 75.0 Å². The lowest BCUT2D eigenvalue weighted by molar-refractivity contribution is 0.0156. The lowest BCUT2D eigenvalue weighted by Gasteiger charge is -2.33. The standard InChI is InChI=1S/C25H34N4O3S/c1-33(30,31)28-22-13-14-29(25-16-26-23(15-27-25)20-7-8-20)24(22)17-32-21-11-9-19(10-12-21)18-5-3-2-4-6-18/h2-6,15-16,19-22,24,28H,7-14,17H2,1H3/t19-,21+,22-,24-/m0/s1. The van der Waals surface area contributed by atoms with Gasteiger partial charge in [-0.25, -0.2) is 18.1 Å². The van der Waals surface area contributed by atoms with Crippen molar-refractivity contribution in [3.63, 3.8) is 0 Å². The maximum Gasteiger partial charge on any atom is 0.209 e. The van der Waals surface area contributed by atoms with Crippen LogP contribution in [0.1, 0.15) is 68.0 Å². The summed E-state index contributed by atoms with van der Waals surface area (Å²) >= 11 is 0. The van der Waals surface area contributed by atoms with Crippen LogP contribution >= 0.6 is 0 Å². The van der Waals surface area contributed by atoms with E-state index >= 15 is 0 Å². The molecule has 2 heterocycles. The zero-order chi connectivity index (χ0) is 22.8. The molecule has 7 nitrogen and oxygen atoms in total. The first-order chi connectivity index (χ1) is 16.0. The number of hydrogen-bond acceptors (Lipinski definition) is 6. The van der Waals surface area contributed by atoms with E-state index in [1.54, 1.807) is 0 Å². The van der Waals surface area contributed by atoms with E-state index in [0.717, 1.165) is 50.2 Å². The van der Waals surface area contributed by atoms with Crippen LogP contribution in [0.3, 0.4) is 0 Å². The van der Waals surface area contributed by atoms with Crippen molar-refractivity contribution in [2.24, 2.45) is 0 Å². The van der Waals surface area contributed by atoms with Crippen LogP contribution in [0, 0.1) is 0 Å². The fourth-order valence-electron chi connectivity index (χ4n) is 5.35. The molecular weight excluding hydrogens is 436 g/mol. The van der Waals surface area contributed by atoms with Gasteiger partial charge in [-0.1, -0.05) is 30.3 Å². The van der Waals surface area contributed by atoms with Crippen molar-refractivity contribution in [2.75, 3.05) is 24.3 Å². The van der Waals surface area contributed by atoms with Crippen LogP contribution in [0.4, 0.5) is 5.82 Å². The first-order valence-corrected chi connectivity index (χ1v) is 14.1. The highest BCUT2D eigenvalue weighted by molar-refractivity contribution is 7.88. The highest BCUT2D eigenvalue weighted by atomic mass is 32.2. The van der Waals surface area contributed by atoms with Gasteiger partial charge in [0.2, 0.25) is 10.0 Å². The molecule has 3 fully saturated rings. The molecule has 8 heteroatoms. The third kappa shape index (κ3) is 5.73. The molecule has 3 aliphatic rings. The summed E-state index contributed by atoms with van der Waals surface area (Å²) in [7, 11) is -3.31. The molecule has 0 bridgehead atoms. The summed E-state index contributed by atoms with van der Waals surface area (Å²) in [4.78, 5) is 11.5. The molecule has 2 aliphatic carbocycles. The number of sulfonamides is 1. The molecule has 2 aromatic rings. The van der Waals surface area contributed by atoms with Gasteiger partial charge in [0.1, 0.15) is 5.82 Å². The second-order valence-electron chi connectivity index (χ2n) is 9.84. The molecular formula is C25H34N4O3S. The van der Waals surface area contributed by atoms with Crippen LogP contribution in [-0.4, -0.2) is 56.0 Å². The largest absolute Gasteiger partial charge is 0.376 e. The summed E-state index contributed by atoms with van der Waals surface area (Å²) in [5.74, 6) is 1.97. The van der Waals surface area contributed by atoms with Crippen LogP contribution in [0.25, 0.3) is 0 Å². The summed E-state index contributed by atoms with van der Waals surface area (Å²) in [6, 6.07) is 10.5. The van der Waals surface area contributed by atoms with Crippen molar-refractivity contribution in [3.8, 4) is 0 Å². The Morgan fingerprint density at radius 1 is 0.970 bits per heavy atom. The van der Waals surface area contributed by atoms with Crippen LogP contribution in [-0.2, 0) is 14.8 Å². The van der Waals surface area contributed by atoms with Gasteiger partial charge in [-0.15, -0.1) is 0 Å². The number of nitrogens with one attached hydrogen (secondary N) is 1. The second-order valence-corrected chi connectivity index (χ2v) is 11.6.